The van der Waals surface area contributed by atoms with Crippen molar-refractivity contribution in [3.05, 3.63) is 76.9 Å². The molecule has 0 spiro atoms. The molecule has 0 unspecified atom stereocenters. The molecular weight excluding hydrogens is 367 g/mol. The van der Waals surface area contributed by atoms with Crippen LogP contribution in [-0.4, -0.2) is 17.3 Å². The van der Waals surface area contributed by atoms with E-state index in [0.717, 1.165) is 16.2 Å². The molecule has 140 valence electrons. The van der Waals surface area contributed by atoms with Crippen molar-refractivity contribution in [2.75, 3.05) is 6.26 Å². The van der Waals surface area contributed by atoms with Crippen LogP contribution in [0.2, 0.25) is 0 Å². The van der Waals surface area contributed by atoms with E-state index in [0.29, 0.717) is 11.3 Å². The Hall–Kier alpha value is -2.80. The number of carbonyl (C=O) groups excluding carboxylic acids is 1. The fraction of sp³-hybridized carbons (Fsp3) is 0.200. The van der Waals surface area contributed by atoms with Crippen LogP contribution in [0.5, 0.6) is 5.75 Å². The summed E-state index contributed by atoms with van der Waals surface area (Å²) in [6.07, 6.45) is 1.97. The first-order valence-corrected chi connectivity index (χ1v) is 9.54. The van der Waals surface area contributed by atoms with Crippen LogP contribution in [0, 0.1) is 12.7 Å². The van der Waals surface area contributed by atoms with Crippen molar-refractivity contribution in [2.24, 2.45) is 0 Å². The number of para-hydroxylation sites is 1. The van der Waals surface area contributed by atoms with Gasteiger partial charge in [0, 0.05) is 17.5 Å². The summed E-state index contributed by atoms with van der Waals surface area (Å²) in [5.41, 5.74) is 1.77. The molecule has 5 nitrogen and oxygen atoms in total. The average Bonchev–Trinajstić information content (AvgIpc) is 3.16. The first kappa shape index (κ1) is 19.0. The van der Waals surface area contributed by atoms with Crippen molar-refractivity contribution in [2.45, 2.75) is 25.0 Å². The van der Waals surface area contributed by atoms with Crippen LogP contribution in [0.1, 0.15) is 27.4 Å². The molecule has 0 bridgehead atoms. The van der Waals surface area contributed by atoms with E-state index in [1.54, 1.807) is 17.8 Å². The molecule has 1 N–H and O–H groups in total. The van der Waals surface area contributed by atoms with Gasteiger partial charge in [-0.05, 0) is 48.6 Å². The summed E-state index contributed by atoms with van der Waals surface area (Å²) in [4.78, 5) is 13.2. The van der Waals surface area contributed by atoms with Crippen molar-refractivity contribution in [3.8, 4) is 5.75 Å². The van der Waals surface area contributed by atoms with Gasteiger partial charge in [0.25, 0.3) is 5.91 Å². The van der Waals surface area contributed by atoms with Gasteiger partial charge in [0.15, 0.2) is 11.5 Å². The molecule has 2 aromatic carbocycles. The summed E-state index contributed by atoms with van der Waals surface area (Å²) in [5.74, 6) is 0.460. The molecule has 0 aliphatic rings. The summed E-state index contributed by atoms with van der Waals surface area (Å²) >= 11 is 1.59. The number of nitrogens with one attached hydrogen (secondary N) is 1. The molecule has 0 aliphatic carbocycles. The number of carbonyl (C=O) groups is 1. The molecule has 7 heteroatoms. The monoisotopic (exact) mass is 386 g/mol. The second kappa shape index (κ2) is 8.73. The minimum atomic E-state index is -0.391. The van der Waals surface area contributed by atoms with Crippen LogP contribution < -0.4 is 10.1 Å². The minimum Gasteiger partial charge on any atom is -0.484 e. The lowest BCUT2D eigenvalue weighted by Gasteiger charge is -2.07. The van der Waals surface area contributed by atoms with E-state index in [1.807, 2.05) is 37.4 Å². The van der Waals surface area contributed by atoms with E-state index >= 15 is 0 Å². The number of rotatable bonds is 7. The quantitative estimate of drug-likeness (QED) is 0.612. The first-order chi connectivity index (χ1) is 13.1. The fourth-order valence-corrected chi connectivity index (χ4v) is 3.01. The Kier molecular flexibility index (Phi) is 6.13. The maximum absolute atomic E-state index is 13.3. The van der Waals surface area contributed by atoms with Gasteiger partial charge in [0.1, 0.15) is 18.2 Å². The molecule has 3 rings (SSSR count). The SMILES string of the molecule is CSc1ccccc1OCc1cc(C(=O)NCc2cc(F)ccc2C)no1. The van der Waals surface area contributed by atoms with Crippen LogP contribution >= 0.6 is 11.8 Å². The van der Waals surface area contributed by atoms with Gasteiger partial charge in [-0.3, -0.25) is 4.79 Å². The highest BCUT2D eigenvalue weighted by Crippen LogP contribution is 2.27. The van der Waals surface area contributed by atoms with Gasteiger partial charge in [0.2, 0.25) is 0 Å². The highest BCUT2D eigenvalue weighted by molar-refractivity contribution is 7.98. The minimum absolute atomic E-state index is 0.154. The largest absolute Gasteiger partial charge is 0.484 e. The normalized spacial score (nSPS) is 10.6. The fourth-order valence-electron chi connectivity index (χ4n) is 2.47. The van der Waals surface area contributed by atoms with E-state index < -0.39 is 5.91 Å². The molecular formula is C20H19FN2O3S. The molecule has 0 saturated carbocycles. The standard InChI is InChI=1S/C20H19FN2O3S/c1-13-7-8-15(21)9-14(13)11-22-20(24)17-10-16(26-23-17)12-25-18-5-3-4-6-19(18)27-2/h3-10H,11-12H2,1-2H3,(H,22,24). The molecule has 0 atom stereocenters. The topological polar surface area (TPSA) is 64.4 Å². The predicted molar refractivity (Wildman–Crippen MR) is 101 cm³/mol. The molecule has 0 radical (unpaired) electrons. The third kappa shape index (κ3) is 4.89. The van der Waals surface area contributed by atoms with Gasteiger partial charge in [-0.2, -0.15) is 0 Å². The van der Waals surface area contributed by atoms with Gasteiger partial charge in [-0.15, -0.1) is 11.8 Å². The zero-order chi connectivity index (χ0) is 19.2. The zero-order valence-corrected chi connectivity index (χ0v) is 15.8. The molecule has 0 aliphatic heterocycles. The number of thioether (sulfide) groups is 1. The van der Waals surface area contributed by atoms with Crippen molar-refractivity contribution in [1.29, 1.82) is 0 Å². The van der Waals surface area contributed by atoms with Gasteiger partial charge in [-0.1, -0.05) is 23.4 Å². The zero-order valence-electron chi connectivity index (χ0n) is 15.0. The number of benzene rings is 2. The lowest BCUT2D eigenvalue weighted by molar-refractivity contribution is 0.0941. The van der Waals surface area contributed by atoms with E-state index in [4.69, 9.17) is 9.26 Å². The molecule has 1 amide bonds. The Morgan fingerprint density at radius 2 is 2.07 bits per heavy atom. The number of halogens is 1. The third-order valence-corrected chi connectivity index (χ3v) is 4.76. The summed E-state index contributed by atoms with van der Waals surface area (Å²) in [7, 11) is 0. The number of ether oxygens (including phenoxy) is 1. The molecule has 27 heavy (non-hydrogen) atoms. The van der Waals surface area contributed by atoms with Crippen molar-refractivity contribution >= 4 is 17.7 Å². The lowest BCUT2D eigenvalue weighted by atomic mass is 10.1. The Bertz CT molecular complexity index is 942. The summed E-state index contributed by atoms with van der Waals surface area (Å²) in [6, 6.07) is 13.7. The van der Waals surface area contributed by atoms with Crippen LogP contribution in [0.3, 0.4) is 0 Å². The van der Waals surface area contributed by atoms with Gasteiger partial charge >= 0.3 is 0 Å². The molecule has 1 aromatic heterocycles. The Balaban J connectivity index is 1.58. The Labute approximate surface area is 160 Å². The van der Waals surface area contributed by atoms with E-state index in [1.165, 1.54) is 18.2 Å². The lowest BCUT2D eigenvalue weighted by Crippen LogP contribution is -2.23. The van der Waals surface area contributed by atoms with E-state index in [-0.39, 0.29) is 24.7 Å². The van der Waals surface area contributed by atoms with E-state index in [2.05, 4.69) is 10.5 Å². The van der Waals surface area contributed by atoms with Crippen LogP contribution in [0.15, 0.2) is 57.9 Å². The highest BCUT2D eigenvalue weighted by atomic mass is 32.2. The predicted octanol–water partition coefficient (Wildman–Crippen LogP) is 4.35. The Morgan fingerprint density at radius 1 is 1.26 bits per heavy atom. The number of aryl methyl sites for hydroxylation is 1. The molecule has 1 heterocycles. The van der Waals surface area contributed by atoms with E-state index in [9.17, 15) is 9.18 Å². The summed E-state index contributed by atoms with van der Waals surface area (Å²) in [6.45, 7) is 2.24. The van der Waals surface area contributed by atoms with Crippen molar-refractivity contribution in [1.82, 2.24) is 10.5 Å². The third-order valence-electron chi connectivity index (χ3n) is 3.98. The molecule has 0 saturated heterocycles. The first-order valence-electron chi connectivity index (χ1n) is 8.31. The number of amides is 1. The number of hydrogen-bond acceptors (Lipinski definition) is 5. The van der Waals surface area contributed by atoms with Gasteiger partial charge in [-0.25, -0.2) is 4.39 Å². The maximum atomic E-state index is 13.3. The molecule has 0 fully saturated rings. The summed E-state index contributed by atoms with van der Waals surface area (Å²) in [5, 5.41) is 6.49. The average molecular weight is 386 g/mol. The number of aromatic nitrogens is 1. The van der Waals surface area contributed by atoms with Crippen LogP contribution in [-0.2, 0) is 13.2 Å². The second-order valence-electron chi connectivity index (χ2n) is 5.87. The smallest absolute Gasteiger partial charge is 0.273 e. The van der Waals surface area contributed by atoms with Crippen LogP contribution in [0.25, 0.3) is 0 Å². The maximum Gasteiger partial charge on any atom is 0.273 e. The number of nitrogens with zero attached hydrogens (tertiary/aromatic N) is 1. The van der Waals surface area contributed by atoms with Gasteiger partial charge < -0.3 is 14.6 Å². The number of hydrogen-bond donors (Lipinski definition) is 1. The van der Waals surface area contributed by atoms with Crippen molar-refractivity contribution in [3.63, 3.8) is 0 Å². The molecule has 3 aromatic rings. The van der Waals surface area contributed by atoms with Crippen molar-refractivity contribution < 1.29 is 18.4 Å². The van der Waals surface area contributed by atoms with Crippen LogP contribution in [0.4, 0.5) is 4.39 Å². The van der Waals surface area contributed by atoms with Gasteiger partial charge in [0.05, 0.1) is 0 Å². The second-order valence-corrected chi connectivity index (χ2v) is 6.72. The highest BCUT2D eigenvalue weighted by Gasteiger charge is 2.14. The Morgan fingerprint density at radius 3 is 2.89 bits per heavy atom. The summed E-state index contributed by atoms with van der Waals surface area (Å²) < 4.78 is 24.2.